The standard InChI is InChI=1S/C10H13N5O2S/c11-7-1-2-8-9(5-7)14-6-15-10(8)13-3-4-18(12,16)17/h1-2,5-6H,3-4,11H2,(H2,12,16,17)(H,13,14,15). The number of nitrogen functional groups attached to an aromatic ring is 1. The quantitative estimate of drug-likeness (QED) is 0.665. The lowest BCUT2D eigenvalue weighted by molar-refractivity contribution is 0.598. The molecule has 1 aromatic heterocycles. The normalized spacial score (nSPS) is 11.6. The Morgan fingerprint density at radius 1 is 1.28 bits per heavy atom. The van der Waals surface area contributed by atoms with Gasteiger partial charge in [-0.3, -0.25) is 0 Å². The van der Waals surface area contributed by atoms with Crippen molar-refractivity contribution in [2.75, 3.05) is 23.3 Å². The second-order valence-corrected chi connectivity index (χ2v) is 5.53. The predicted octanol–water partition coefficient (Wildman–Crippen LogP) is -0.0876. The number of benzene rings is 1. The maximum absolute atomic E-state index is 10.8. The summed E-state index contributed by atoms with van der Waals surface area (Å²) in [5.41, 5.74) is 6.96. The summed E-state index contributed by atoms with van der Waals surface area (Å²) in [6.45, 7) is 0.190. The van der Waals surface area contributed by atoms with Gasteiger partial charge >= 0.3 is 0 Å². The van der Waals surface area contributed by atoms with E-state index in [0.29, 0.717) is 17.0 Å². The minimum Gasteiger partial charge on any atom is -0.399 e. The lowest BCUT2D eigenvalue weighted by Crippen LogP contribution is -2.22. The molecule has 0 spiro atoms. The molecule has 0 saturated heterocycles. The molecule has 1 aromatic carbocycles. The van der Waals surface area contributed by atoms with Gasteiger partial charge in [0.2, 0.25) is 10.0 Å². The molecule has 0 bridgehead atoms. The number of sulfonamides is 1. The van der Waals surface area contributed by atoms with Crippen molar-refractivity contribution in [3.05, 3.63) is 24.5 Å². The number of nitrogens with one attached hydrogen (secondary N) is 1. The highest BCUT2D eigenvalue weighted by atomic mass is 32.2. The molecule has 8 heteroatoms. The summed E-state index contributed by atoms with van der Waals surface area (Å²) in [6.07, 6.45) is 1.39. The van der Waals surface area contributed by atoms with E-state index in [9.17, 15) is 8.42 Å². The first-order valence-corrected chi connectivity index (χ1v) is 6.92. The number of hydrogen-bond donors (Lipinski definition) is 3. The molecule has 0 unspecified atom stereocenters. The van der Waals surface area contributed by atoms with Crippen LogP contribution in [0.25, 0.3) is 10.9 Å². The van der Waals surface area contributed by atoms with Crippen molar-refractivity contribution in [3.8, 4) is 0 Å². The highest BCUT2D eigenvalue weighted by molar-refractivity contribution is 7.89. The van der Waals surface area contributed by atoms with E-state index < -0.39 is 10.0 Å². The van der Waals surface area contributed by atoms with Crippen LogP contribution in [0.3, 0.4) is 0 Å². The van der Waals surface area contributed by atoms with Crippen LogP contribution in [0, 0.1) is 0 Å². The third-order valence-electron chi connectivity index (χ3n) is 2.34. The van der Waals surface area contributed by atoms with Crippen molar-refractivity contribution in [3.63, 3.8) is 0 Å². The van der Waals surface area contributed by atoms with E-state index in [4.69, 9.17) is 10.9 Å². The Kier molecular flexibility index (Phi) is 3.30. The zero-order chi connectivity index (χ0) is 13.2. The number of nitrogens with zero attached hydrogens (tertiary/aromatic N) is 2. The van der Waals surface area contributed by atoms with Gasteiger partial charge in [-0.2, -0.15) is 0 Å². The Hall–Kier alpha value is -1.93. The molecule has 7 nitrogen and oxygen atoms in total. The molecule has 0 atom stereocenters. The molecule has 96 valence electrons. The van der Waals surface area contributed by atoms with Crippen LogP contribution in [0.2, 0.25) is 0 Å². The fourth-order valence-corrected chi connectivity index (χ4v) is 1.91. The van der Waals surface area contributed by atoms with Crippen LogP contribution in [-0.4, -0.2) is 30.7 Å². The molecule has 0 aliphatic rings. The molecule has 0 amide bonds. The van der Waals surface area contributed by atoms with Gasteiger partial charge < -0.3 is 11.1 Å². The van der Waals surface area contributed by atoms with Crippen molar-refractivity contribution >= 4 is 32.4 Å². The van der Waals surface area contributed by atoms with E-state index in [2.05, 4.69) is 15.3 Å². The van der Waals surface area contributed by atoms with Gasteiger partial charge in [0.15, 0.2) is 0 Å². The fraction of sp³-hybridized carbons (Fsp3) is 0.200. The van der Waals surface area contributed by atoms with Crippen LogP contribution >= 0.6 is 0 Å². The van der Waals surface area contributed by atoms with Crippen LogP contribution < -0.4 is 16.2 Å². The highest BCUT2D eigenvalue weighted by Crippen LogP contribution is 2.20. The van der Waals surface area contributed by atoms with Crippen molar-refractivity contribution in [1.29, 1.82) is 0 Å². The lowest BCUT2D eigenvalue weighted by atomic mass is 10.2. The molecular weight excluding hydrogens is 254 g/mol. The van der Waals surface area contributed by atoms with E-state index in [1.807, 2.05) is 0 Å². The molecule has 2 rings (SSSR count). The summed E-state index contributed by atoms with van der Waals surface area (Å²) in [5, 5.41) is 8.61. The third kappa shape index (κ3) is 3.05. The number of nitrogens with two attached hydrogens (primary N) is 2. The van der Waals surface area contributed by atoms with E-state index >= 15 is 0 Å². The Balaban J connectivity index is 2.23. The lowest BCUT2D eigenvalue weighted by Gasteiger charge is -2.07. The predicted molar refractivity (Wildman–Crippen MR) is 70.4 cm³/mol. The monoisotopic (exact) mass is 267 g/mol. The summed E-state index contributed by atoms with van der Waals surface area (Å²) in [7, 11) is -3.48. The van der Waals surface area contributed by atoms with Gasteiger partial charge in [-0.15, -0.1) is 0 Å². The minimum absolute atomic E-state index is 0.159. The highest BCUT2D eigenvalue weighted by Gasteiger charge is 2.06. The zero-order valence-corrected chi connectivity index (χ0v) is 10.3. The first kappa shape index (κ1) is 12.5. The molecule has 0 aliphatic carbocycles. The zero-order valence-electron chi connectivity index (χ0n) is 9.50. The largest absolute Gasteiger partial charge is 0.399 e. The maximum atomic E-state index is 10.8. The SMILES string of the molecule is Nc1ccc2c(NCCS(N)(=O)=O)ncnc2c1. The molecule has 18 heavy (non-hydrogen) atoms. The molecule has 2 aromatic rings. The summed E-state index contributed by atoms with van der Waals surface area (Å²) in [4.78, 5) is 8.14. The van der Waals surface area contributed by atoms with Gasteiger partial charge in [0.05, 0.1) is 11.3 Å². The summed E-state index contributed by atoms with van der Waals surface area (Å²) in [5.74, 6) is 0.400. The van der Waals surface area contributed by atoms with E-state index in [0.717, 1.165) is 5.39 Å². The molecule has 0 radical (unpaired) electrons. The van der Waals surface area contributed by atoms with Gasteiger partial charge in [-0.05, 0) is 18.2 Å². The molecule has 5 N–H and O–H groups in total. The van der Waals surface area contributed by atoms with Gasteiger partial charge in [-0.25, -0.2) is 23.5 Å². The van der Waals surface area contributed by atoms with Crippen LogP contribution in [0.1, 0.15) is 0 Å². The maximum Gasteiger partial charge on any atom is 0.210 e. The number of primary sulfonamides is 1. The second-order valence-electron chi connectivity index (χ2n) is 3.79. The summed E-state index contributed by atoms with van der Waals surface area (Å²) >= 11 is 0. The van der Waals surface area contributed by atoms with Crippen molar-refractivity contribution in [1.82, 2.24) is 9.97 Å². The average Bonchev–Trinajstić information content (AvgIpc) is 2.27. The molecule has 0 saturated carbocycles. The number of aromatic nitrogens is 2. The fourth-order valence-electron chi connectivity index (χ4n) is 1.53. The molecular formula is C10H13N5O2S. The first-order chi connectivity index (χ1) is 8.46. The Morgan fingerprint density at radius 3 is 2.78 bits per heavy atom. The first-order valence-electron chi connectivity index (χ1n) is 5.20. The van der Waals surface area contributed by atoms with Crippen LogP contribution in [0.15, 0.2) is 24.5 Å². The smallest absolute Gasteiger partial charge is 0.210 e. The second kappa shape index (κ2) is 4.75. The Morgan fingerprint density at radius 2 is 2.06 bits per heavy atom. The number of fused-ring (bicyclic) bond motifs is 1. The summed E-state index contributed by atoms with van der Waals surface area (Å²) in [6, 6.07) is 5.24. The topological polar surface area (TPSA) is 124 Å². The van der Waals surface area contributed by atoms with E-state index in [1.54, 1.807) is 18.2 Å². The van der Waals surface area contributed by atoms with Crippen molar-refractivity contribution < 1.29 is 8.42 Å². The molecule has 0 fully saturated rings. The van der Waals surface area contributed by atoms with Crippen LogP contribution in [0.4, 0.5) is 11.5 Å². The van der Waals surface area contributed by atoms with Crippen LogP contribution in [0.5, 0.6) is 0 Å². The number of rotatable bonds is 4. The van der Waals surface area contributed by atoms with Gasteiger partial charge in [0, 0.05) is 17.6 Å². The number of hydrogen-bond acceptors (Lipinski definition) is 6. The summed E-state index contributed by atoms with van der Waals surface area (Å²) < 4.78 is 21.6. The Bertz CT molecular complexity index is 671. The Labute approximate surface area is 104 Å². The van der Waals surface area contributed by atoms with Gasteiger partial charge in [0.25, 0.3) is 0 Å². The van der Waals surface area contributed by atoms with Crippen molar-refractivity contribution in [2.24, 2.45) is 5.14 Å². The van der Waals surface area contributed by atoms with Crippen LogP contribution in [-0.2, 0) is 10.0 Å². The average molecular weight is 267 g/mol. The van der Waals surface area contributed by atoms with E-state index in [-0.39, 0.29) is 12.3 Å². The number of anilines is 2. The van der Waals surface area contributed by atoms with Gasteiger partial charge in [0.1, 0.15) is 12.1 Å². The van der Waals surface area contributed by atoms with Gasteiger partial charge in [-0.1, -0.05) is 0 Å². The van der Waals surface area contributed by atoms with Crippen molar-refractivity contribution in [2.45, 2.75) is 0 Å². The van der Waals surface area contributed by atoms with E-state index in [1.165, 1.54) is 6.33 Å². The third-order valence-corrected chi connectivity index (χ3v) is 3.11. The molecule has 0 aliphatic heterocycles. The minimum atomic E-state index is -3.48. The molecule has 1 heterocycles.